The first-order valence-corrected chi connectivity index (χ1v) is 7.26. The molecule has 19 heavy (non-hydrogen) atoms. The Kier molecular flexibility index (Phi) is 5.17. The highest BCUT2D eigenvalue weighted by Crippen LogP contribution is 2.13. The van der Waals surface area contributed by atoms with E-state index in [1.54, 1.807) is 12.3 Å². The third kappa shape index (κ3) is 4.53. The van der Waals surface area contributed by atoms with Crippen LogP contribution < -0.4 is 5.43 Å². The van der Waals surface area contributed by atoms with Crippen LogP contribution in [0.25, 0.3) is 0 Å². The highest BCUT2D eigenvalue weighted by molar-refractivity contribution is 9.10. The van der Waals surface area contributed by atoms with Gasteiger partial charge in [0.05, 0.1) is 6.21 Å². The van der Waals surface area contributed by atoms with Crippen molar-refractivity contribution in [2.45, 2.75) is 5.16 Å². The zero-order valence-electron chi connectivity index (χ0n) is 10.0. The number of hydrogen-bond acceptors (Lipinski definition) is 5. The average Bonchev–Trinajstić information content (AvgIpc) is 2.84. The van der Waals surface area contributed by atoms with Gasteiger partial charge in [-0.1, -0.05) is 45.9 Å². The van der Waals surface area contributed by atoms with E-state index in [-0.39, 0.29) is 0 Å². The van der Waals surface area contributed by atoms with Crippen LogP contribution in [-0.4, -0.2) is 27.1 Å². The molecule has 1 aromatic heterocycles. The van der Waals surface area contributed by atoms with Gasteiger partial charge in [-0.15, -0.1) is 11.7 Å². The number of hydrazone groups is 1. The number of nitrogens with one attached hydrogen (secondary N) is 2. The number of halogens is 1. The quantitative estimate of drug-likeness (QED) is 0.367. The molecule has 0 atom stereocenters. The molecule has 0 amide bonds. The summed E-state index contributed by atoms with van der Waals surface area (Å²) in [5.41, 5.74) is 3.78. The predicted molar refractivity (Wildman–Crippen MR) is 82.7 cm³/mol. The number of rotatable bonds is 6. The summed E-state index contributed by atoms with van der Waals surface area (Å²) in [4.78, 5) is 4.21. The van der Waals surface area contributed by atoms with E-state index in [9.17, 15) is 0 Å². The second kappa shape index (κ2) is 7.10. The molecule has 0 aliphatic rings. The van der Waals surface area contributed by atoms with Crippen LogP contribution in [0.2, 0.25) is 0 Å². The normalized spacial score (nSPS) is 10.8. The van der Waals surface area contributed by atoms with Gasteiger partial charge in [-0.3, -0.25) is 0 Å². The molecule has 0 aliphatic heterocycles. The Morgan fingerprint density at radius 1 is 1.53 bits per heavy atom. The highest BCUT2D eigenvalue weighted by Gasteiger charge is 2.00. The third-order valence-corrected chi connectivity index (χ3v) is 3.36. The lowest BCUT2D eigenvalue weighted by molar-refractivity contribution is 0.974. The Labute approximate surface area is 123 Å². The second-order valence-corrected chi connectivity index (χ2v) is 5.39. The molecular formula is C12H12BrN5S. The van der Waals surface area contributed by atoms with Crippen molar-refractivity contribution < 1.29 is 0 Å². The van der Waals surface area contributed by atoms with Gasteiger partial charge in [0, 0.05) is 10.2 Å². The molecule has 2 aromatic rings. The molecule has 0 radical (unpaired) electrons. The molecule has 0 aliphatic carbocycles. The molecular weight excluding hydrogens is 326 g/mol. The first kappa shape index (κ1) is 13.8. The SMILES string of the molecule is C=CCSc1n[nH]c(NN=Cc2cccc(Br)c2)n1. The van der Waals surface area contributed by atoms with E-state index in [1.807, 2.05) is 24.3 Å². The Morgan fingerprint density at radius 3 is 3.21 bits per heavy atom. The molecule has 0 unspecified atom stereocenters. The Bertz CT molecular complexity index is 581. The van der Waals surface area contributed by atoms with Gasteiger partial charge < -0.3 is 0 Å². The van der Waals surface area contributed by atoms with Crippen molar-refractivity contribution in [1.29, 1.82) is 0 Å². The lowest BCUT2D eigenvalue weighted by atomic mass is 10.2. The maximum Gasteiger partial charge on any atom is 0.240 e. The van der Waals surface area contributed by atoms with Gasteiger partial charge in [-0.25, -0.2) is 10.5 Å². The summed E-state index contributed by atoms with van der Waals surface area (Å²) in [5, 5.41) is 11.5. The minimum absolute atomic E-state index is 0.512. The summed E-state index contributed by atoms with van der Waals surface area (Å²) < 4.78 is 1.01. The van der Waals surface area contributed by atoms with Crippen LogP contribution in [0.4, 0.5) is 5.95 Å². The summed E-state index contributed by atoms with van der Waals surface area (Å²) >= 11 is 4.91. The number of hydrogen-bond donors (Lipinski definition) is 2. The fourth-order valence-corrected chi connectivity index (χ4v) is 2.20. The number of aromatic nitrogens is 3. The van der Waals surface area contributed by atoms with Crippen molar-refractivity contribution >= 4 is 39.9 Å². The van der Waals surface area contributed by atoms with Crippen LogP contribution in [0.15, 0.2) is 51.7 Å². The van der Waals surface area contributed by atoms with E-state index in [0.717, 1.165) is 15.8 Å². The molecule has 2 rings (SSSR count). The fourth-order valence-electron chi connectivity index (χ4n) is 1.25. The number of nitrogens with zero attached hydrogens (tertiary/aromatic N) is 3. The minimum atomic E-state index is 0.512. The molecule has 1 heterocycles. The second-order valence-electron chi connectivity index (χ2n) is 3.49. The van der Waals surface area contributed by atoms with E-state index >= 15 is 0 Å². The number of benzene rings is 1. The van der Waals surface area contributed by atoms with Crippen molar-refractivity contribution in [3.63, 3.8) is 0 Å². The Hall–Kier alpha value is -1.60. The van der Waals surface area contributed by atoms with E-state index < -0.39 is 0 Å². The van der Waals surface area contributed by atoms with Gasteiger partial charge in [-0.05, 0) is 17.7 Å². The van der Waals surface area contributed by atoms with Crippen LogP contribution in [0.5, 0.6) is 0 Å². The molecule has 0 saturated carbocycles. The molecule has 0 fully saturated rings. The average molecular weight is 338 g/mol. The zero-order valence-corrected chi connectivity index (χ0v) is 12.4. The first-order valence-electron chi connectivity index (χ1n) is 5.48. The number of aromatic amines is 1. The lowest BCUT2D eigenvalue weighted by Gasteiger charge is -1.94. The van der Waals surface area contributed by atoms with Gasteiger partial charge in [0.25, 0.3) is 0 Å². The monoisotopic (exact) mass is 337 g/mol. The van der Waals surface area contributed by atoms with Crippen molar-refractivity contribution in [3.05, 3.63) is 47.0 Å². The van der Waals surface area contributed by atoms with Crippen molar-refractivity contribution in [3.8, 4) is 0 Å². The highest BCUT2D eigenvalue weighted by atomic mass is 79.9. The summed E-state index contributed by atoms with van der Waals surface area (Å²) in [6.07, 6.45) is 3.52. The van der Waals surface area contributed by atoms with Crippen LogP contribution in [0.1, 0.15) is 5.56 Å². The van der Waals surface area contributed by atoms with Crippen LogP contribution >= 0.6 is 27.7 Å². The van der Waals surface area contributed by atoms with Gasteiger partial charge in [0.15, 0.2) is 0 Å². The summed E-state index contributed by atoms with van der Waals surface area (Å²) in [6, 6.07) is 7.84. The molecule has 2 N–H and O–H groups in total. The molecule has 1 aromatic carbocycles. The smallest absolute Gasteiger partial charge is 0.240 e. The minimum Gasteiger partial charge on any atom is -0.246 e. The molecule has 0 saturated heterocycles. The van der Waals surface area contributed by atoms with Crippen molar-refractivity contribution in [2.75, 3.05) is 11.2 Å². The Morgan fingerprint density at radius 2 is 2.42 bits per heavy atom. The lowest BCUT2D eigenvalue weighted by Crippen LogP contribution is -1.92. The van der Waals surface area contributed by atoms with Crippen LogP contribution in [0.3, 0.4) is 0 Å². The summed E-state index contributed by atoms with van der Waals surface area (Å²) in [6.45, 7) is 3.64. The van der Waals surface area contributed by atoms with Gasteiger partial charge in [0.1, 0.15) is 0 Å². The van der Waals surface area contributed by atoms with Gasteiger partial charge >= 0.3 is 0 Å². The van der Waals surface area contributed by atoms with Crippen LogP contribution in [-0.2, 0) is 0 Å². The fraction of sp³-hybridized carbons (Fsp3) is 0.0833. The molecule has 5 nitrogen and oxygen atoms in total. The van der Waals surface area contributed by atoms with Crippen LogP contribution in [0, 0.1) is 0 Å². The summed E-state index contributed by atoms with van der Waals surface area (Å²) in [7, 11) is 0. The largest absolute Gasteiger partial charge is 0.246 e. The summed E-state index contributed by atoms with van der Waals surface area (Å²) in [5.74, 6) is 1.29. The maximum atomic E-state index is 4.21. The van der Waals surface area contributed by atoms with E-state index in [2.05, 4.69) is 48.2 Å². The standard InChI is InChI=1S/C12H12BrN5S/c1-2-6-19-12-15-11(17-18-12)16-14-8-9-4-3-5-10(13)7-9/h2-5,7-8H,1,6H2,(H2,15,16,17,18). The van der Waals surface area contributed by atoms with Gasteiger partial charge in [-0.2, -0.15) is 10.1 Å². The molecule has 0 bridgehead atoms. The molecule has 0 spiro atoms. The van der Waals surface area contributed by atoms with E-state index in [0.29, 0.717) is 11.1 Å². The predicted octanol–water partition coefficient (Wildman–Crippen LogP) is 3.29. The van der Waals surface area contributed by atoms with Gasteiger partial charge in [0.2, 0.25) is 11.1 Å². The van der Waals surface area contributed by atoms with Crippen molar-refractivity contribution in [2.24, 2.45) is 5.10 Å². The maximum absolute atomic E-state index is 4.21. The van der Waals surface area contributed by atoms with Crippen molar-refractivity contribution in [1.82, 2.24) is 15.2 Å². The Balaban J connectivity index is 1.91. The number of H-pyrrole nitrogens is 1. The third-order valence-electron chi connectivity index (χ3n) is 2.03. The van der Waals surface area contributed by atoms with E-state index in [4.69, 9.17) is 0 Å². The zero-order chi connectivity index (χ0) is 13.5. The number of thioether (sulfide) groups is 1. The first-order chi connectivity index (χ1) is 9.28. The topological polar surface area (TPSA) is 66.0 Å². The number of anilines is 1. The van der Waals surface area contributed by atoms with E-state index in [1.165, 1.54) is 11.8 Å². The molecule has 98 valence electrons. The molecule has 7 heteroatoms.